The first-order chi connectivity index (χ1) is 10.9. The van der Waals surface area contributed by atoms with Gasteiger partial charge in [-0.15, -0.1) is 0 Å². The van der Waals surface area contributed by atoms with E-state index in [2.05, 4.69) is 0 Å². The molecule has 0 amide bonds. The minimum absolute atomic E-state index is 0.0627. The molecule has 130 valence electrons. The van der Waals surface area contributed by atoms with E-state index in [4.69, 9.17) is 0 Å². The summed E-state index contributed by atoms with van der Waals surface area (Å²) >= 11 is 0. The number of aromatic hydroxyl groups is 2. The molecule has 0 spiro atoms. The van der Waals surface area contributed by atoms with Crippen molar-refractivity contribution in [1.82, 2.24) is 0 Å². The van der Waals surface area contributed by atoms with Gasteiger partial charge in [0.25, 0.3) is 0 Å². The van der Waals surface area contributed by atoms with Crippen LogP contribution in [-0.2, 0) is 10.8 Å². The van der Waals surface area contributed by atoms with Crippen molar-refractivity contribution in [3.63, 3.8) is 0 Å². The van der Waals surface area contributed by atoms with E-state index in [1.165, 1.54) is 0 Å². The quantitative estimate of drug-likeness (QED) is 0.744. The van der Waals surface area contributed by atoms with Crippen LogP contribution in [0.5, 0.6) is 11.5 Å². The van der Waals surface area contributed by atoms with Gasteiger partial charge in [-0.05, 0) is 45.7 Å². The van der Waals surface area contributed by atoms with Gasteiger partial charge in [0.15, 0.2) is 0 Å². The second-order valence-electron chi connectivity index (χ2n) is 8.43. The Morgan fingerprint density at radius 3 is 1.67 bits per heavy atom. The lowest BCUT2D eigenvalue weighted by Crippen LogP contribution is -2.18. The number of phenolic OH excluding ortho intramolecular Hbond substituents is 2. The molecule has 0 aliphatic rings. The maximum atomic E-state index is 10.8. The Balaban J connectivity index is 2.69. The van der Waals surface area contributed by atoms with E-state index in [0.29, 0.717) is 11.1 Å². The molecule has 0 aliphatic carbocycles. The highest BCUT2D eigenvalue weighted by Crippen LogP contribution is 2.42. The van der Waals surface area contributed by atoms with Crippen LogP contribution in [0.3, 0.4) is 0 Å². The van der Waals surface area contributed by atoms with Gasteiger partial charge < -0.3 is 15.3 Å². The molecule has 3 nitrogen and oxygen atoms in total. The molecule has 2 aromatic carbocycles. The Morgan fingerprint density at radius 2 is 1.25 bits per heavy atom. The Morgan fingerprint density at radius 1 is 0.792 bits per heavy atom. The molecule has 0 aromatic heterocycles. The Hall–Kier alpha value is -2.00. The number of hydrogen-bond donors (Lipinski definition) is 3. The fourth-order valence-corrected chi connectivity index (χ4v) is 2.86. The molecule has 2 aromatic rings. The standard InChI is InChI=1S/C21H28O3/c1-20(2,3)15-11-13(12-16(19(15)24)21(4,5)6)18(23)14-9-7-8-10-17(14)22/h7-12,18,22-24H,1-6H3. The van der Waals surface area contributed by atoms with Gasteiger partial charge >= 0.3 is 0 Å². The van der Waals surface area contributed by atoms with Crippen LogP contribution < -0.4 is 0 Å². The molecule has 3 heteroatoms. The van der Waals surface area contributed by atoms with Crippen molar-refractivity contribution in [1.29, 1.82) is 0 Å². The third kappa shape index (κ3) is 3.57. The molecule has 0 saturated carbocycles. The molecule has 1 unspecified atom stereocenters. The summed E-state index contributed by atoms with van der Waals surface area (Å²) in [7, 11) is 0. The molecule has 0 saturated heterocycles. The summed E-state index contributed by atoms with van der Waals surface area (Å²) < 4.78 is 0. The minimum atomic E-state index is -0.950. The van der Waals surface area contributed by atoms with Crippen molar-refractivity contribution < 1.29 is 15.3 Å². The second kappa shape index (κ2) is 6.14. The molecular weight excluding hydrogens is 300 g/mol. The van der Waals surface area contributed by atoms with Crippen molar-refractivity contribution in [3.8, 4) is 11.5 Å². The topological polar surface area (TPSA) is 60.7 Å². The molecule has 1 atom stereocenters. The summed E-state index contributed by atoms with van der Waals surface area (Å²) in [5.74, 6) is 0.343. The largest absolute Gasteiger partial charge is 0.508 e. The van der Waals surface area contributed by atoms with Crippen LogP contribution in [0, 0.1) is 0 Å². The second-order valence-corrected chi connectivity index (χ2v) is 8.43. The molecular formula is C21H28O3. The zero-order valence-corrected chi connectivity index (χ0v) is 15.4. The Labute approximate surface area is 144 Å². The first-order valence-electron chi connectivity index (χ1n) is 8.26. The van der Waals surface area contributed by atoms with Crippen molar-refractivity contribution >= 4 is 0 Å². The van der Waals surface area contributed by atoms with E-state index in [-0.39, 0.29) is 22.3 Å². The first kappa shape index (κ1) is 18.3. The van der Waals surface area contributed by atoms with Crippen LogP contribution in [0.2, 0.25) is 0 Å². The monoisotopic (exact) mass is 328 g/mol. The molecule has 2 rings (SSSR count). The van der Waals surface area contributed by atoms with Crippen LogP contribution >= 0.6 is 0 Å². The predicted octanol–water partition coefficient (Wildman–Crippen LogP) is 4.77. The summed E-state index contributed by atoms with van der Waals surface area (Å²) in [6.45, 7) is 12.2. The first-order valence-corrected chi connectivity index (χ1v) is 8.26. The van der Waals surface area contributed by atoms with Crippen LogP contribution in [0.15, 0.2) is 36.4 Å². The van der Waals surface area contributed by atoms with E-state index >= 15 is 0 Å². The van der Waals surface area contributed by atoms with Gasteiger partial charge in [-0.25, -0.2) is 0 Å². The third-order valence-corrected chi connectivity index (χ3v) is 4.30. The smallest absolute Gasteiger partial charge is 0.123 e. The number of aliphatic hydroxyl groups excluding tert-OH is 1. The summed E-state index contributed by atoms with van der Waals surface area (Å²) in [5, 5.41) is 31.6. The molecule has 0 heterocycles. The molecule has 0 bridgehead atoms. The highest BCUT2D eigenvalue weighted by atomic mass is 16.3. The summed E-state index contributed by atoms with van der Waals surface area (Å²) in [6.07, 6.45) is -0.950. The number of rotatable bonds is 2. The molecule has 3 N–H and O–H groups in total. The summed E-state index contributed by atoms with van der Waals surface area (Å²) in [4.78, 5) is 0. The number of phenols is 2. The maximum Gasteiger partial charge on any atom is 0.123 e. The average Bonchev–Trinajstić information content (AvgIpc) is 2.45. The van der Waals surface area contributed by atoms with E-state index in [1.54, 1.807) is 24.3 Å². The van der Waals surface area contributed by atoms with Crippen LogP contribution in [0.4, 0.5) is 0 Å². The fraction of sp³-hybridized carbons (Fsp3) is 0.429. The van der Waals surface area contributed by atoms with Crippen molar-refractivity contribution in [2.45, 2.75) is 58.5 Å². The van der Waals surface area contributed by atoms with Crippen molar-refractivity contribution in [3.05, 3.63) is 58.7 Å². The van der Waals surface area contributed by atoms with Gasteiger partial charge in [0.05, 0.1) is 0 Å². The number of benzene rings is 2. The number of hydrogen-bond acceptors (Lipinski definition) is 3. The van der Waals surface area contributed by atoms with Crippen LogP contribution in [0.1, 0.15) is 69.9 Å². The van der Waals surface area contributed by atoms with Gasteiger partial charge in [0.2, 0.25) is 0 Å². The highest BCUT2D eigenvalue weighted by molar-refractivity contribution is 5.52. The maximum absolute atomic E-state index is 10.8. The SMILES string of the molecule is CC(C)(C)c1cc(C(O)c2ccccc2O)cc(C(C)(C)C)c1O. The lowest BCUT2D eigenvalue weighted by Gasteiger charge is -2.29. The van der Waals surface area contributed by atoms with E-state index in [9.17, 15) is 15.3 Å². The zero-order chi connectivity index (χ0) is 18.3. The normalized spacial score (nSPS) is 13.8. The average molecular weight is 328 g/mol. The minimum Gasteiger partial charge on any atom is -0.508 e. The van der Waals surface area contributed by atoms with Crippen molar-refractivity contribution in [2.24, 2.45) is 0 Å². The zero-order valence-electron chi connectivity index (χ0n) is 15.4. The molecule has 24 heavy (non-hydrogen) atoms. The summed E-state index contributed by atoms with van der Waals surface area (Å²) in [5.41, 5.74) is 2.18. The highest BCUT2D eigenvalue weighted by Gasteiger charge is 2.28. The summed E-state index contributed by atoms with van der Waals surface area (Å²) in [6, 6.07) is 10.5. The van der Waals surface area contributed by atoms with E-state index in [0.717, 1.165) is 11.1 Å². The van der Waals surface area contributed by atoms with E-state index in [1.807, 2.05) is 53.7 Å². The van der Waals surface area contributed by atoms with Gasteiger partial charge in [0, 0.05) is 5.56 Å². The fourth-order valence-electron chi connectivity index (χ4n) is 2.86. The van der Waals surface area contributed by atoms with Gasteiger partial charge in [-0.2, -0.15) is 0 Å². The third-order valence-electron chi connectivity index (χ3n) is 4.30. The van der Waals surface area contributed by atoms with Gasteiger partial charge in [-0.1, -0.05) is 59.7 Å². The molecule has 0 aliphatic heterocycles. The Kier molecular flexibility index (Phi) is 4.69. The lowest BCUT2D eigenvalue weighted by molar-refractivity contribution is 0.215. The molecule has 0 fully saturated rings. The van der Waals surface area contributed by atoms with Crippen LogP contribution in [0.25, 0.3) is 0 Å². The Bertz CT molecular complexity index is 698. The molecule has 0 radical (unpaired) electrons. The lowest BCUT2D eigenvalue weighted by atomic mass is 9.77. The van der Waals surface area contributed by atoms with E-state index < -0.39 is 6.10 Å². The van der Waals surface area contributed by atoms with Gasteiger partial charge in [0.1, 0.15) is 17.6 Å². The van der Waals surface area contributed by atoms with Crippen molar-refractivity contribution in [2.75, 3.05) is 0 Å². The number of aliphatic hydroxyl groups is 1. The van der Waals surface area contributed by atoms with Gasteiger partial charge in [-0.3, -0.25) is 0 Å². The number of para-hydroxylation sites is 1. The predicted molar refractivity (Wildman–Crippen MR) is 97.7 cm³/mol. The van der Waals surface area contributed by atoms with Crippen LogP contribution in [-0.4, -0.2) is 15.3 Å².